The minimum absolute atomic E-state index is 0.00718. The number of benzene rings is 2. The molecule has 4 nitrogen and oxygen atoms in total. The van der Waals surface area contributed by atoms with Crippen molar-refractivity contribution in [3.63, 3.8) is 0 Å². The highest BCUT2D eigenvalue weighted by molar-refractivity contribution is 8.00. The quantitative estimate of drug-likeness (QED) is 0.524. The van der Waals surface area contributed by atoms with Crippen LogP contribution in [0, 0.1) is 0 Å². The molecule has 1 heterocycles. The molecule has 7 heteroatoms. The molecule has 1 saturated heterocycles. The molecule has 1 aliphatic rings. The number of unbranched alkanes of at least 4 members (excludes halogenated alkanes) is 1. The fourth-order valence-electron chi connectivity index (χ4n) is 3.75. The first-order valence-corrected chi connectivity index (χ1v) is 13.6. The summed E-state index contributed by atoms with van der Waals surface area (Å²) in [5.41, 5.74) is 2.22. The number of halogens is 1. The molecule has 162 valence electrons. The lowest BCUT2D eigenvalue weighted by Gasteiger charge is -2.29. The molecule has 0 bridgehead atoms. The zero-order chi connectivity index (χ0) is 21.6. The van der Waals surface area contributed by atoms with Gasteiger partial charge in [-0.15, -0.1) is 11.8 Å². The predicted molar refractivity (Wildman–Crippen MR) is 126 cm³/mol. The number of rotatable bonds is 9. The molecule has 0 radical (unpaired) electrons. The smallest absolute Gasteiger partial charge is 0.232 e. The Kier molecular flexibility index (Phi) is 8.26. The second kappa shape index (κ2) is 10.7. The summed E-state index contributed by atoms with van der Waals surface area (Å²) in [7, 11) is -3.03. The second-order valence-corrected chi connectivity index (χ2v) is 11.4. The molecule has 1 fully saturated rings. The Labute approximate surface area is 188 Å². The van der Waals surface area contributed by atoms with Gasteiger partial charge in [-0.1, -0.05) is 67.4 Å². The third-order valence-corrected chi connectivity index (χ3v) is 8.66. The molecule has 0 aliphatic carbocycles. The van der Waals surface area contributed by atoms with E-state index in [2.05, 4.69) is 19.1 Å². The molecule has 0 aromatic heterocycles. The van der Waals surface area contributed by atoms with E-state index >= 15 is 0 Å². The summed E-state index contributed by atoms with van der Waals surface area (Å²) in [5, 5.41) is 0.688. The van der Waals surface area contributed by atoms with Crippen molar-refractivity contribution in [1.82, 2.24) is 4.90 Å². The van der Waals surface area contributed by atoms with Crippen molar-refractivity contribution in [2.24, 2.45) is 0 Å². The van der Waals surface area contributed by atoms with E-state index in [0.29, 0.717) is 23.7 Å². The third kappa shape index (κ3) is 6.25. The van der Waals surface area contributed by atoms with Crippen LogP contribution in [0.2, 0.25) is 5.02 Å². The maximum absolute atomic E-state index is 13.2. The summed E-state index contributed by atoms with van der Waals surface area (Å²) >= 11 is 7.64. The monoisotopic (exact) mass is 465 g/mol. The maximum atomic E-state index is 13.2. The van der Waals surface area contributed by atoms with Crippen molar-refractivity contribution in [3.05, 3.63) is 70.7 Å². The van der Waals surface area contributed by atoms with Gasteiger partial charge in [-0.2, -0.15) is 0 Å². The summed E-state index contributed by atoms with van der Waals surface area (Å²) < 4.78 is 23.9. The van der Waals surface area contributed by atoms with Crippen molar-refractivity contribution in [2.45, 2.75) is 37.5 Å². The van der Waals surface area contributed by atoms with E-state index in [1.165, 1.54) is 0 Å². The van der Waals surface area contributed by atoms with Gasteiger partial charge in [0.1, 0.15) is 0 Å². The number of sulfone groups is 1. The molecule has 2 atom stereocenters. The summed E-state index contributed by atoms with van der Waals surface area (Å²) in [6, 6.07) is 17.6. The number of hydrogen-bond donors (Lipinski definition) is 0. The molecule has 2 aromatic rings. The lowest BCUT2D eigenvalue weighted by Crippen LogP contribution is -2.42. The molecule has 2 aromatic carbocycles. The van der Waals surface area contributed by atoms with Gasteiger partial charge in [-0.05, 0) is 36.1 Å². The van der Waals surface area contributed by atoms with E-state index in [9.17, 15) is 13.2 Å². The molecular weight excluding hydrogens is 438 g/mol. The van der Waals surface area contributed by atoms with Gasteiger partial charge in [0.05, 0.1) is 22.5 Å². The molecule has 0 N–H and O–H groups in total. The van der Waals surface area contributed by atoms with Crippen LogP contribution < -0.4 is 0 Å². The zero-order valence-electron chi connectivity index (χ0n) is 17.2. The molecule has 3 rings (SSSR count). The molecule has 30 heavy (non-hydrogen) atoms. The van der Waals surface area contributed by atoms with Gasteiger partial charge in [0.25, 0.3) is 0 Å². The van der Waals surface area contributed by atoms with E-state index < -0.39 is 9.84 Å². The van der Waals surface area contributed by atoms with Crippen LogP contribution in [0.15, 0.2) is 54.6 Å². The van der Waals surface area contributed by atoms with E-state index in [4.69, 9.17) is 11.6 Å². The maximum Gasteiger partial charge on any atom is 0.232 e. The van der Waals surface area contributed by atoms with Crippen molar-refractivity contribution in [2.75, 3.05) is 23.8 Å². The first kappa shape index (κ1) is 23.2. The Bertz CT molecular complexity index is 933. The first-order chi connectivity index (χ1) is 14.4. The highest BCUT2D eigenvalue weighted by atomic mass is 35.5. The van der Waals surface area contributed by atoms with Crippen molar-refractivity contribution >= 4 is 39.1 Å². The molecule has 1 amide bonds. The van der Waals surface area contributed by atoms with Crippen LogP contribution in [0.4, 0.5) is 0 Å². The van der Waals surface area contributed by atoms with Crippen LogP contribution in [0.3, 0.4) is 0 Å². The van der Waals surface area contributed by atoms with Gasteiger partial charge in [0.2, 0.25) is 5.91 Å². The summed E-state index contributed by atoms with van der Waals surface area (Å²) in [5.74, 6) is 0.595. The Balaban J connectivity index is 1.75. The lowest BCUT2D eigenvalue weighted by molar-refractivity contribution is -0.130. The summed E-state index contributed by atoms with van der Waals surface area (Å²) in [4.78, 5) is 15.0. The summed E-state index contributed by atoms with van der Waals surface area (Å²) in [6.45, 7) is 2.70. The second-order valence-electron chi connectivity index (χ2n) is 7.65. The normalized spacial score (nSPS) is 18.8. The number of carbonyl (C=O) groups is 1. The van der Waals surface area contributed by atoms with E-state index in [-0.39, 0.29) is 28.7 Å². The van der Waals surface area contributed by atoms with Crippen LogP contribution in [0.25, 0.3) is 0 Å². The summed E-state index contributed by atoms with van der Waals surface area (Å²) in [6.07, 6.45) is 2.39. The van der Waals surface area contributed by atoms with Crippen molar-refractivity contribution < 1.29 is 13.2 Å². The van der Waals surface area contributed by atoms with E-state index in [1.54, 1.807) is 11.8 Å². The minimum atomic E-state index is -3.03. The largest absolute Gasteiger partial charge is 0.338 e. The van der Waals surface area contributed by atoms with Gasteiger partial charge in [-0.3, -0.25) is 4.79 Å². The molecule has 0 saturated carbocycles. The highest BCUT2D eigenvalue weighted by Gasteiger charge is 2.34. The van der Waals surface area contributed by atoms with Crippen LogP contribution >= 0.6 is 23.4 Å². The number of carbonyl (C=O) groups excluding carboxylic acids is 1. The molecule has 1 aliphatic heterocycles. The van der Waals surface area contributed by atoms with Crippen LogP contribution in [-0.2, 0) is 14.6 Å². The average molecular weight is 466 g/mol. The number of amides is 1. The molecular formula is C23H28ClNO3S2. The van der Waals surface area contributed by atoms with Crippen LogP contribution in [0.5, 0.6) is 0 Å². The fraction of sp³-hybridized carbons (Fsp3) is 0.435. The van der Waals surface area contributed by atoms with Gasteiger partial charge in [-0.25, -0.2) is 8.42 Å². The predicted octanol–water partition coefficient (Wildman–Crippen LogP) is 4.98. The third-order valence-electron chi connectivity index (χ3n) is 5.37. The Morgan fingerprint density at radius 2 is 1.80 bits per heavy atom. The van der Waals surface area contributed by atoms with Crippen LogP contribution in [0.1, 0.15) is 42.6 Å². The van der Waals surface area contributed by atoms with Gasteiger partial charge in [0, 0.05) is 17.6 Å². The Hall–Kier alpha value is -1.50. The van der Waals surface area contributed by atoms with Crippen molar-refractivity contribution in [1.29, 1.82) is 0 Å². The van der Waals surface area contributed by atoms with E-state index in [1.807, 2.05) is 47.4 Å². The number of nitrogens with zero attached hydrogens (tertiary/aromatic N) is 1. The Morgan fingerprint density at radius 1 is 1.13 bits per heavy atom. The standard InChI is InChI=1S/C23H28ClNO3S2/c1-2-3-14-25(21-13-15-30(27,28)17-21)22(26)16-29-23(18-7-5-4-6-8-18)19-9-11-20(24)12-10-19/h4-12,21,23H,2-3,13-17H2,1H3. The zero-order valence-corrected chi connectivity index (χ0v) is 19.6. The highest BCUT2D eigenvalue weighted by Crippen LogP contribution is 2.36. The number of thioether (sulfide) groups is 1. The molecule has 0 spiro atoms. The van der Waals surface area contributed by atoms with Crippen LogP contribution in [-0.4, -0.2) is 49.1 Å². The van der Waals surface area contributed by atoms with Gasteiger partial charge < -0.3 is 4.90 Å². The van der Waals surface area contributed by atoms with Gasteiger partial charge >= 0.3 is 0 Å². The topological polar surface area (TPSA) is 54.5 Å². The Morgan fingerprint density at radius 3 is 2.40 bits per heavy atom. The number of hydrogen-bond acceptors (Lipinski definition) is 4. The average Bonchev–Trinajstić information content (AvgIpc) is 3.10. The minimum Gasteiger partial charge on any atom is -0.338 e. The molecule has 2 unspecified atom stereocenters. The fourth-order valence-corrected chi connectivity index (χ4v) is 6.78. The van der Waals surface area contributed by atoms with Gasteiger partial charge in [0.15, 0.2) is 9.84 Å². The SMILES string of the molecule is CCCCN(C(=O)CSC(c1ccccc1)c1ccc(Cl)cc1)C1CCS(=O)(=O)C1. The first-order valence-electron chi connectivity index (χ1n) is 10.3. The van der Waals surface area contributed by atoms with Crippen molar-refractivity contribution in [3.8, 4) is 0 Å². The van der Waals surface area contributed by atoms with E-state index in [0.717, 1.165) is 24.0 Å². The lowest BCUT2D eigenvalue weighted by atomic mass is 10.0.